The number of ether oxygens (including phenoxy) is 1. The molecule has 3 heterocycles. The van der Waals surface area contributed by atoms with Gasteiger partial charge in [-0.05, 0) is 19.1 Å². The average molecular weight is 389 g/mol. The summed E-state index contributed by atoms with van der Waals surface area (Å²) in [6.07, 6.45) is -3.05. The van der Waals surface area contributed by atoms with Crippen LogP contribution in [0.3, 0.4) is 0 Å². The van der Waals surface area contributed by atoms with Crippen LogP contribution in [0.25, 0.3) is 11.2 Å². The number of aromatic nitrogens is 4. The Kier molecular flexibility index (Phi) is 4.74. The molecule has 0 amide bonds. The lowest BCUT2D eigenvalue weighted by Crippen LogP contribution is -2.33. The number of imidazole rings is 1. The minimum Gasteiger partial charge on any atom is -0.394 e. The number of nitrogens with zero attached hydrogens (tertiary/aromatic N) is 4. The highest BCUT2D eigenvalue weighted by atomic mass is 32.2. The largest absolute Gasteiger partial charge is 0.394 e. The van der Waals surface area contributed by atoms with Gasteiger partial charge in [0.25, 0.3) is 0 Å². The number of aliphatic hydroxyl groups is 3. The van der Waals surface area contributed by atoms with Gasteiger partial charge in [-0.3, -0.25) is 4.57 Å². The first-order chi connectivity index (χ1) is 13.0. The lowest BCUT2D eigenvalue weighted by Gasteiger charge is -2.19. The Labute approximate surface area is 158 Å². The van der Waals surface area contributed by atoms with Crippen molar-refractivity contribution in [2.24, 2.45) is 0 Å². The van der Waals surface area contributed by atoms with Crippen LogP contribution < -0.4 is 5.73 Å². The van der Waals surface area contributed by atoms with E-state index in [-0.39, 0.29) is 5.82 Å². The Morgan fingerprint density at radius 1 is 1.19 bits per heavy atom. The number of hydrogen-bond donors (Lipinski definition) is 4. The molecule has 27 heavy (non-hydrogen) atoms. The van der Waals surface area contributed by atoms with E-state index >= 15 is 0 Å². The van der Waals surface area contributed by atoms with E-state index in [4.69, 9.17) is 10.5 Å². The second kappa shape index (κ2) is 7.06. The number of rotatable bonds is 4. The molecule has 0 aliphatic carbocycles. The zero-order chi connectivity index (χ0) is 19.1. The Balaban J connectivity index is 1.82. The molecule has 1 aromatic carbocycles. The molecule has 9 nitrogen and oxygen atoms in total. The third-order valence-corrected chi connectivity index (χ3v) is 5.45. The van der Waals surface area contributed by atoms with Gasteiger partial charge in [0, 0.05) is 4.90 Å². The third-order valence-electron chi connectivity index (χ3n) is 4.47. The zero-order valence-electron chi connectivity index (χ0n) is 14.4. The molecule has 3 aromatic rings. The van der Waals surface area contributed by atoms with Gasteiger partial charge in [0.2, 0.25) is 0 Å². The van der Waals surface area contributed by atoms with Crippen LogP contribution in [0.1, 0.15) is 11.8 Å². The Hall–Kier alpha value is -2.24. The summed E-state index contributed by atoms with van der Waals surface area (Å²) < 4.78 is 7.27. The maximum atomic E-state index is 10.5. The van der Waals surface area contributed by atoms with E-state index in [1.807, 2.05) is 31.2 Å². The number of aliphatic hydroxyl groups excluding tert-OH is 3. The molecule has 0 saturated carbocycles. The highest BCUT2D eigenvalue weighted by Gasteiger charge is 2.45. The van der Waals surface area contributed by atoms with Crippen LogP contribution >= 0.6 is 11.8 Å². The van der Waals surface area contributed by atoms with Crippen LogP contribution in [0.15, 0.2) is 40.6 Å². The van der Waals surface area contributed by atoms with Crippen molar-refractivity contribution in [3.8, 4) is 0 Å². The SMILES string of the molecule is Cc1ccc(Sc2nc3c(N)ncnc3n2[C@@H]2O[C@H](CO)C(O)C2O)cc1. The quantitative estimate of drug-likeness (QED) is 0.501. The molecule has 5 N–H and O–H groups in total. The van der Waals surface area contributed by atoms with Crippen molar-refractivity contribution >= 4 is 28.7 Å². The number of benzene rings is 1. The van der Waals surface area contributed by atoms with Crippen molar-refractivity contribution in [3.63, 3.8) is 0 Å². The van der Waals surface area contributed by atoms with Crippen LogP contribution in [0, 0.1) is 6.92 Å². The normalized spacial score (nSPS) is 25.3. The van der Waals surface area contributed by atoms with Gasteiger partial charge in [0.1, 0.15) is 24.6 Å². The van der Waals surface area contributed by atoms with Gasteiger partial charge in [-0.1, -0.05) is 29.5 Å². The Bertz CT molecular complexity index is 964. The Morgan fingerprint density at radius 3 is 2.59 bits per heavy atom. The van der Waals surface area contributed by atoms with E-state index in [1.165, 1.54) is 18.1 Å². The number of anilines is 1. The summed E-state index contributed by atoms with van der Waals surface area (Å²) in [5, 5.41) is 30.5. The summed E-state index contributed by atoms with van der Waals surface area (Å²) in [7, 11) is 0. The smallest absolute Gasteiger partial charge is 0.177 e. The number of fused-ring (bicyclic) bond motifs is 1. The second-order valence-electron chi connectivity index (χ2n) is 6.34. The monoisotopic (exact) mass is 389 g/mol. The van der Waals surface area contributed by atoms with Gasteiger partial charge in [0.15, 0.2) is 28.4 Å². The molecule has 1 aliphatic rings. The first-order valence-corrected chi connectivity index (χ1v) is 9.16. The van der Waals surface area contributed by atoms with Gasteiger partial charge in [-0.2, -0.15) is 0 Å². The summed E-state index contributed by atoms with van der Waals surface area (Å²) in [5.41, 5.74) is 7.83. The molecule has 2 aromatic heterocycles. The predicted molar refractivity (Wildman–Crippen MR) is 98.0 cm³/mol. The van der Waals surface area contributed by atoms with E-state index in [2.05, 4.69) is 15.0 Å². The van der Waals surface area contributed by atoms with Crippen LogP contribution in [0.4, 0.5) is 5.82 Å². The van der Waals surface area contributed by atoms with Crippen molar-refractivity contribution < 1.29 is 20.1 Å². The maximum absolute atomic E-state index is 10.5. The van der Waals surface area contributed by atoms with Crippen molar-refractivity contribution in [2.45, 2.75) is 41.5 Å². The number of aryl methyl sites for hydroxylation is 1. The van der Waals surface area contributed by atoms with Crippen molar-refractivity contribution in [2.75, 3.05) is 12.3 Å². The van der Waals surface area contributed by atoms with Crippen LogP contribution in [-0.2, 0) is 4.74 Å². The average Bonchev–Trinajstić information content (AvgIpc) is 3.16. The van der Waals surface area contributed by atoms with Gasteiger partial charge < -0.3 is 25.8 Å². The molecular weight excluding hydrogens is 370 g/mol. The van der Waals surface area contributed by atoms with Crippen LogP contribution in [0.5, 0.6) is 0 Å². The molecule has 4 atom stereocenters. The first-order valence-electron chi connectivity index (χ1n) is 8.35. The zero-order valence-corrected chi connectivity index (χ0v) is 15.2. The number of nitrogen functional groups attached to an aromatic ring is 1. The fraction of sp³-hybridized carbons (Fsp3) is 0.353. The second-order valence-corrected chi connectivity index (χ2v) is 7.38. The molecule has 1 aliphatic heterocycles. The van der Waals surface area contributed by atoms with Crippen molar-refractivity contribution in [3.05, 3.63) is 36.2 Å². The van der Waals surface area contributed by atoms with E-state index in [0.29, 0.717) is 16.3 Å². The number of nitrogens with two attached hydrogens (primary N) is 1. The van der Waals surface area contributed by atoms with Crippen molar-refractivity contribution in [1.82, 2.24) is 19.5 Å². The molecule has 1 fully saturated rings. The van der Waals surface area contributed by atoms with Gasteiger partial charge in [0.05, 0.1) is 6.61 Å². The highest BCUT2D eigenvalue weighted by molar-refractivity contribution is 7.99. The van der Waals surface area contributed by atoms with E-state index in [9.17, 15) is 15.3 Å². The van der Waals surface area contributed by atoms with E-state index in [1.54, 1.807) is 4.57 Å². The number of hydrogen-bond acceptors (Lipinski definition) is 9. The summed E-state index contributed by atoms with van der Waals surface area (Å²) in [6, 6.07) is 7.87. The molecule has 2 unspecified atom stereocenters. The lowest BCUT2D eigenvalue weighted by atomic mass is 10.1. The highest BCUT2D eigenvalue weighted by Crippen LogP contribution is 2.38. The van der Waals surface area contributed by atoms with Crippen LogP contribution in [0.2, 0.25) is 0 Å². The molecule has 0 radical (unpaired) electrons. The molecule has 1 saturated heterocycles. The topological polar surface area (TPSA) is 140 Å². The summed E-state index contributed by atoms with van der Waals surface area (Å²) >= 11 is 1.35. The van der Waals surface area contributed by atoms with Gasteiger partial charge in [-0.15, -0.1) is 0 Å². The minimum atomic E-state index is -1.26. The van der Waals surface area contributed by atoms with Gasteiger partial charge in [-0.25, -0.2) is 15.0 Å². The van der Waals surface area contributed by atoms with Crippen LogP contribution in [-0.4, -0.2) is 59.8 Å². The fourth-order valence-electron chi connectivity index (χ4n) is 3.01. The van der Waals surface area contributed by atoms with Gasteiger partial charge >= 0.3 is 0 Å². The predicted octanol–water partition coefficient (Wildman–Crippen LogP) is 0.480. The lowest BCUT2D eigenvalue weighted by molar-refractivity contribution is -0.0548. The standard InChI is InChI=1S/C17H19N5O4S/c1-8-2-4-9(5-3-8)27-17-21-11-14(18)19-7-20-15(11)22(17)16-13(25)12(24)10(6-23)26-16/h2-5,7,10,12-13,16,23-25H,6H2,1H3,(H2,18,19,20)/t10-,12?,13?,16-/m1/s1. The molecule has 10 heteroatoms. The fourth-order valence-corrected chi connectivity index (χ4v) is 3.92. The Morgan fingerprint density at radius 2 is 1.93 bits per heavy atom. The third kappa shape index (κ3) is 3.15. The molecule has 4 rings (SSSR count). The summed E-state index contributed by atoms with van der Waals surface area (Å²) in [6.45, 7) is 1.58. The molecule has 0 bridgehead atoms. The van der Waals surface area contributed by atoms with E-state index in [0.717, 1.165) is 10.5 Å². The molecular formula is C17H19N5O4S. The summed E-state index contributed by atoms with van der Waals surface area (Å²) in [4.78, 5) is 13.6. The van der Waals surface area contributed by atoms with E-state index < -0.39 is 31.1 Å². The summed E-state index contributed by atoms with van der Waals surface area (Å²) in [5.74, 6) is 0.205. The first kappa shape index (κ1) is 18.1. The minimum absolute atomic E-state index is 0.205. The van der Waals surface area contributed by atoms with Crippen molar-refractivity contribution in [1.29, 1.82) is 0 Å². The molecule has 142 valence electrons. The maximum Gasteiger partial charge on any atom is 0.177 e. The molecule has 0 spiro atoms.